The lowest BCUT2D eigenvalue weighted by molar-refractivity contribution is -0.315. The monoisotopic (exact) mass is 436 g/mol. The van der Waals surface area contributed by atoms with Crippen LogP contribution in [0.5, 0.6) is 5.75 Å². The molecule has 0 aliphatic rings. The van der Waals surface area contributed by atoms with Crippen LogP contribution in [0.3, 0.4) is 0 Å². The SMILES string of the molecule is CO[C@@H](Cc1ccc(OCCc2nc(-c3ccccc3)oc2C)c2ccsc12)C(=O)[O-]. The molecule has 0 fully saturated rings. The van der Waals surface area contributed by atoms with E-state index in [9.17, 15) is 9.90 Å². The lowest BCUT2D eigenvalue weighted by Gasteiger charge is -2.17. The van der Waals surface area contributed by atoms with Gasteiger partial charge in [0.05, 0.1) is 18.3 Å². The number of oxazole rings is 1. The van der Waals surface area contributed by atoms with Crippen LogP contribution in [0, 0.1) is 6.92 Å². The lowest BCUT2D eigenvalue weighted by Crippen LogP contribution is -2.38. The number of aliphatic carboxylic acids is 1. The third-order valence-electron chi connectivity index (χ3n) is 5.12. The molecule has 0 unspecified atom stereocenters. The molecule has 0 bridgehead atoms. The van der Waals surface area contributed by atoms with Crippen molar-refractivity contribution in [3.05, 3.63) is 70.9 Å². The van der Waals surface area contributed by atoms with Crippen LogP contribution in [0.1, 0.15) is 17.0 Å². The zero-order valence-electron chi connectivity index (χ0n) is 17.3. The number of carbonyl (C=O) groups excluding carboxylic acids is 1. The highest BCUT2D eigenvalue weighted by molar-refractivity contribution is 7.17. The number of carboxylic acid groups (broad SMARTS) is 1. The van der Waals surface area contributed by atoms with Gasteiger partial charge in [-0.1, -0.05) is 24.3 Å². The van der Waals surface area contributed by atoms with Crippen molar-refractivity contribution in [1.29, 1.82) is 0 Å². The van der Waals surface area contributed by atoms with Gasteiger partial charge in [0, 0.05) is 35.6 Å². The van der Waals surface area contributed by atoms with Gasteiger partial charge in [0.25, 0.3) is 0 Å². The second-order valence-electron chi connectivity index (χ2n) is 7.12. The second kappa shape index (κ2) is 9.32. The van der Waals surface area contributed by atoms with Gasteiger partial charge in [0.2, 0.25) is 5.89 Å². The Balaban J connectivity index is 1.46. The number of fused-ring (bicyclic) bond motifs is 1. The first-order chi connectivity index (χ1) is 15.1. The number of aryl methyl sites for hydroxylation is 1. The van der Waals surface area contributed by atoms with Gasteiger partial charge in [-0.3, -0.25) is 0 Å². The van der Waals surface area contributed by atoms with Crippen LogP contribution in [-0.4, -0.2) is 30.8 Å². The number of benzene rings is 2. The smallest absolute Gasteiger partial charge is 0.226 e. The summed E-state index contributed by atoms with van der Waals surface area (Å²) in [5.74, 6) is 0.932. The number of ether oxygens (including phenoxy) is 2. The van der Waals surface area contributed by atoms with Gasteiger partial charge in [0.15, 0.2) is 0 Å². The predicted molar refractivity (Wildman–Crippen MR) is 117 cm³/mol. The summed E-state index contributed by atoms with van der Waals surface area (Å²) in [6, 6.07) is 15.5. The summed E-state index contributed by atoms with van der Waals surface area (Å²) in [5.41, 5.74) is 2.71. The number of hydrogen-bond acceptors (Lipinski definition) is 7. The molecule has 0 saturated heterocycles. The van der Waals surface area contributed by atoms with Crippen LogP contribution in [0.4, 0.5) is 0 Å². The largest absolute Gasteiger partial charge is 0.547 e. The molecule has 4 aromatic rings. The van der Waals surface area contributed by atoms with Gasteiger partial charge >= 0.3 is 0 Å². The van der Waals surface area contributed by atoms with E-state index >= 15 is 0 Å². The fraction of sp³-hybridized carbons (Fsp3) is 0.250. The van der Waals surface area contributed by atoms with Crippen molar-refractivity contribution < 1.29 is 23.8 Å². The summed E-state index contributed by atoms with van der Waals surface area (Å²) in [7, 11) is 1.37. The predicted octanol–water partition coefficient (Wildman–Crippen LogP) is 3.79. The summed E-state index contributed by atoms with van der Waals surface area (Å²) in [4.78, 5) is 15.8. The first-order valence-corrected chi connectivity index (χ1v) is 10.8. The minimum atomic E-state index is -1.22. The van der Waals surface area contributed by atoms with Crippen molar-refractivity contribution in [2.75, 3.05) is 13.7 Å². The maximum atomic E-state index is 11.2. The Morgan fingerprint density at radius 1 is 1.19 bits per heavy atom. The molecule has 2 heterocycles. The Bertz CT molecular complexity index is 1180. The highest BCUT2D eigenvalue weighted by atomic mass is 32.1. The molecule has 160 valence electrons. The zero-order chi connectivity index (χ0) is 21.8. The molecule has 0 radical (unpaired) electrons. The van der Waals surface area contributed by atoms with E-state index in [-0.39, 0.29) is 6.42 Å². The van der Waals surface area contributed by atoms with E-state index in [1.165, 1.54) is 7.11 Å². The normalized spacial score (nSPS) is 12.2. The van der Waals surface area contributed by atoms with E-state index in [4.69, 9.17) is 13.9 Å². The summed E-state index contributed by atoms with van der Waals surface area (Å²) < 4.78 is 17.9. The maximum absolute atomic E-state index is 11.2. The van der Waals surface area contributed by atoms with Gasteiger partial charge in [-0.25, -0.2) is 4.98 Å². The van der Waals surface area contributed by atoms with Gasteiger partial charge in [-0.2, -0.15) is 0 Å². The van der Waals surface area contributed by atoms with Crippen LogP contribution < -0.4 is 9.84 Å². The topological polar surface area (TPSA) is 84.6 Å². The first-order valence-electron chi connectivity index (χ1n) is 9.94. The Labute approximate surface area is 184 Å². The van der Waals surface area contributed by atoms with Crippen LogP contribution in [0.25, 0.3) is 21.5 Å². The van der Waals surface area contributed by atoms with Crippen molar-refractivity contribution in [3.8, 4) is 17.2 Å². The standard InChI is InChI=1S/C24H23NO5S/c1-15-19(25-23(30-15)16-6-4-3-5-7-16)10-12-29-20-9-8-17(14-21(28-2)24(26)27)22-18(20)11-13-31-22/h3-9,11,13,21H,10,12,14H2,1-2H3,(H,26,27)/p-1/t21-/m0/s1. The molecule has 31 heavy (non-hydrogen) atoms. The average molecular weight is 437 g/mol. The number of rotatable bonds is 9. The van der Waals surface area contributed by atoms with Gasteiger partial charge in [-0.15, -0.1) is 11.3 Å². The number of aromatic nitrogens is 1. The van der Waals surface area contributed by atoms with E-state index in [0.717, 1.165) is 38.4 Å². The molecular formula is C24H22NO5S-. The highest BCUT2D eigenvalue weighted by Crippen LogP contribution is 2.34. The minimum Gasteiger partial charge on any atom is -0.547 e. The van der Waals surface area contributed by atoms with Crippen molar-refractivity contribution in [2.45, 2.75) is 25.9 Å². The summed E-state index contributed by atoms with van der Waals surface area (Å²) in [6.45, 7) is 2.36. The fourth-order valence-electron chi connectivity index (χ4n) is 3.46. The van der Waals surface area contributed by atoms with Gasteiger partial charge in [0.1, 0.15) is 17.6 Å². The number of hydrogen-bond donors (Lipinski definition) is 0. The third-order valence-corrected chi connectivity index (χ3v) is 6.11. The minimum absolute atomic E-state index is 0.247. The quantitative estimate of drug-likeness (QED) is 0.397. The molecule has 0 aliphatic carbocycles. The number of carboxylic acids is 1. The van der Waals surface area contributed by atoms with Gasteiger partial charge < -0.3 is 23.8 Å². The molecule has 0 amide bonds. The average Bonchev–Trinajstić information content (AvgIpc) is 3.41. The molecule has 7 heteroatoms. The molecule has 0 saturated carbocycles. The van der Waals surface area contributed by atoms with E-state index in [1.54, 1.807) is 11.3 Å². The van der Waals surface area contributed by atoms with Crippen LogP contribution in [0.2, 0.25) is 0 Å². The van der Waals surface area contributed by atoms with E-state index in [0.29, 0.717) is 18.9 Å². The maximum Gasteiger partial charge on any atom is 0.226 e. The molecule has 4 rings (SSSR count). The Hall–Kier alpha value is -3.16. The molecule has 0 spiro atoms. The summed E-state index contributed by atoms with van der Waals surface area (Å²) >= 11 is 1.55. The zero-order valence-corrected chi connectivity index (χ0v) is 18.1. The molecule has 0 aliphatic heterocycles. The number of nitrogens with zero attached hydrogens (tertiary/aromatic N) is 1. The Morgan fingerprint density at radius 3 is 2.74 bits per heavy atom. The van der Waals surface area contributed by atoms with Crippen molar-refractivity contribution in [3.63, 3.8) is 0 Å². The van der Waals surface area contributed by atoms with Crippen molar-refractivity contribution >= 4 is 27.4 Å². The number of carbonyl (C=O) groups is 1. The highest BCUT2D eigenvalue weighted by Gasteiger charge is 2.16. The second-order valence-corrected chi connectivity index (χ2v) is 8.04. The Kier molecular flexibility index (Phi) is 6.34. The fourth-order valence-corrected chi connectivity index (χ4v) is 4.40. The number of methoxy groups -OCH3 is 1. The van der Waals surface area contributed by atoms with Crippen LogP contribution in [-0.2, 0) is 22.4 Å². The van der Waals surface area contributed by atoms with E-state index in [2.05, 4.69) is 4.98 Å². The van der Waals surface area contributed by atoms with Crippen molar-refractivity contribution in [2.24, 2.45) is 0 Å². The molecule has 2 aromatic carbocycles. The first kappa shape index (κ1) is 21.1. The summed E-state index contributed by atoms with van der Waals surface area (Å²) in [5, 5.41) is 14.1. The molecule has 6 nitrogen and oxygen atoms in total. The Morgan fingerprint density at radius 2 is 2.00 bits per heavy atom. The molecule has 0 N–H and O–H groups in total. The molecule has 1 atom stereocenters. The van der Waals surface area contributed by atoms with E-state index in [1.807, 2.05) is 60.8 Å². The lowest BCUT2D eigenvalue weighted by atomic mass is 10.1. The number of thiophene rings is 1. The molecule has 2 aromatic heterocycles. The third kappa shape index (κ3) is 4.62. The van der Waals surface area contributed by atoms with Crippen LogP contribution in [0.15, 0.2) is 58.3 Å². The van der Waals surface area contributed by atoms with Gasteiger partial charge in [-0.05, 0) is 42.1 Å². The summed E-state index contributed by atoms with van der Waals surface area (Å²) in [6.07, 6.45) is -0.117. The van der Waals surface area contributed by atoms with Crippen molar-refractivity contribution in [1.82, 2.24) is 4.98 Å². The van der Waals surface area contributed by atoms with Crippen LogP contribution >= 0.6 is 11.3 Å². The van der Waals surface area contributed by atoms with E-state index < -0.39 is 12.1 Å². The molecular weight excluding hydrogens is 414 g/mol.